The fourth-order valence-corrected chi connectivity index (χ4v) is 2.08. The topological polar surface area (TPSA) is 52.0 Å². The van der Waals surface area contributed by atoms with Crippen molar-refractivity contribution in [2.45, 2.75) is 5.92 Å². The first-order valence-electron chi connectivity index (χ1n) is 4.66. The Morgan fingerprint density at radius 2 is 2.33 bits per heavy atom. The molecule has 0 aliphatic rings. The van der Waals surface area contributed by atoms with Gasteiger partial charge in [-0.15, -0.1) is 0 Å². The zero-order chi connectivity index (χ0) is 10.7. The maximum atomic E-state index is 5.74. The van der Waals surface area contributed by atoms with Gasteiger partial charge in [0.05, 0.1) is 12.1 Å². The molecule has 3 nitrogen and oxygen atoms in total. The van der Waals surface area contributed by atoms with E-state index in [9.17, 15) is 0 Å². The van der Waals surface area contributed by atoms with E-state index in [4.69, 9.17) is 10.2 Å². The second-order valence-electron chi connectivity index (χ2n) is 3.21. The van der Waals surface area contributed by atoms with Crippen molar-refractivity contribution >= 4 is 22.6 Å². The van der Waals surface area contributed by atoms with Gasteiger partial charge in [0.2, 0.25) is 5.89 Å². The van der Waals surface area contributed by atoms with Crippen molar-refractivity contribution in [2.75, 3.05) is 6.54 Å². The number of oxazole rings is 1. The van der Waals surface area contributed by atoms with Gasteiger partial charge in [-0.2, -0.15) is 0 Å². The van der Waals surface area contributed by atoms with Crippen molar-refractivity contribution in [1.29, 1.82) is 0 Å². The van der Waals surface area contributed by atoms with E-state index in [1.165, 1.54) is 3.57 Å². The summed E-state index contributed by atoms with van der Waals surface area (Å²) in [5.41, 5.74) is 6.89. The molecule has 1 atom stereocenters. The van der Waals surface area contributed by atoms with Gasteiger partial charge >= 0.3 is 0 Å². The molecule has 0 saturated carbocycles. The van der Waals surface area contributed by atoms with E-state index in [2.05, 4.69) is 33.6 Å². The van der Waals surface area contributed by atoms with E-state index in [0.29, 0.717) is 12.4 Å². The molecular weight excluding hydrogens is 303 g/mol. The van der Waals surface area contributed by atoms with Crippen LogP contribution in [0.1, 0.15) is 17.4 Å². The van der Waals surface area contributed by atoms with Crippen LogP contribution in [-0.2, 0) is 0 Å². The van der Waals surface area contributed by atoms with Crippen molar-refractivity contribution in [1.82, 2.24) is 4.98 Å². The van der Waals surface area contributed by atoms with E-state index < -0.39 is 0 Å². The van der Waals surface area contributed by atoms with Crippen LogP contribution in [0.4, 0.5) is 0 Å². The van der Waals surface area contributed by atoms with Crippen molar-refractivity contribution < 1.29 is 4.42 Å². The lowest BCUT2D eigenvalue weighted by Gasteiger charge is -2.11. The second-order valence-corrected chi connectivity index (χ2v) is 4.46. The third-order valence-electron chi connectivity index (χ3n) is 2.24. The van der Waals surface area contributed by atoms with Gasteiger partial charge < -0.3 is 10.2 Å². The SMILES string of the molecule is NCC(c1cccc(I)c1)c1ncco1. The van der Waals surface area contributed by atoms with Crippen molar-refractivity contribution in [3.05, 3.63) is 51.7 Å². The molecule has 1 aromatic heterocycles. The number of nitrogens with two attached hydrogens (primary N) is 1. The molecule has 15 heavy (non-hydrogen) atoms. The van der Waals surface area contributed by atoms with E-state index in [1.807, 2.05) is 18.2 Å². The fraction of sp³-hybridized carbons (Fsp3) is 0.182. The molecule has 0 saturated heterocycles. The molecular formula is C11H11IN2O. The first kappa shape index (κ1) is 10.6. The van der Waals surface area contributed by atoms with Gasteiger partial charge in [0.1, 0.15) is 6.26 Å². The van der Waals surface area contributed by atoms with Crippen LogP contribution < -0.4 is 5.73 Å². The lowest BCUT2D eigenvalue weighted by atomic mass is 9.99. The Morgan fingerprint density at radius 1 is 1.47 bits per heavy atom. The zero-order valence-electron chi connectivity index (χ0n) is 8.06. The first-order valence-corrected chi connectivity index (χ1v) is 5.74. The van der Waals surface area contributed by atoms with Gasteiger partial charge in [0.15, 0.2) is 0 Å². The Hall–Kier alpha value is -0.880. The largest absolute Gasteiger partial charge is 0.448 e. The first-order chi connectivity index (χ1) is 7.31. The molecule has 0 spiro atoms. The summed E-state index contributed by atoms with van der Waals surface area (Å²) in [6.45, 7) is 0.501. The second kappa shape index (κ2) is 4.76. The fourth-order valence-electron chi connectivity index (χ4n) is 1.51. The highest BCUT2D eigenvalue weighted by Gasteiger charge is 2.16. The Labute approximate surface area is 102 Å². The van der Waals surface area contributed by atoms with Gasteiger partial charge in [0, 0.05) is 10.1 Å². The third-order valence-corrected chi connectivity index (χ3v) is 2.91. The predicted molar refractivity (Wildman–Crippen MR) is 66.6 cm³/mol. The summed E-state index contributed by atoms with van der Waals surface area (Å²) in [7, 11) is 0. The lowest BCUT2D eigenvalue weighted by molar-refractivity contribution is 0.472. The molecule has 0 bridgehead atoms. The molecule has 2 aromatic rings. The highest BCUT2D eigenvalue weighted by molar-refractivity contribution is 14.1. The Kier molecular flexibility index (Phi) is 3.37. The Balaban J connectivity index is 2.35. The van der Waals surface area contributed by atoms with Gasteiger partial charge in [-0.05, 0) is 40.3 Å². The van der Waals surface area contributed by atoms with Crippen molar-refractivity contribution in [2.24, 2.45) is 5.73 Å². The molecule has 2 N–H and O–H groups in total. The summed E-state index contributed by atoms with van der Waals surface area (Å²) in [5, 5.41) is 0. The summed E-state index contributed by atoms with van der Waals surface area (Å²) in [4.78, 5) is 4.14. The Bertz CT molecular complexity index is 428. The molecule has 0 aliphatic carbocycles. The number of nitrogens with zero attached hydrogens (tertiary/aromatic N) is 1. The van der Waals surface area contributed by atoms with Crippen molar-refractivity contribution in [3.63, 3.8) is 0 Å². The molecule has 0 radical (unpaired) electrons. The van der Waals surface area contributed by atoms with Crippen LogP contribution in [0, 0.1) is 3.57 Å². The van der Waals surface area contributed by atoms with Gasteiger partial charge in [0.25, 0.3) is 0 Å². The highest BCUT2D eigenvalue weighted by atomic mass is 127. The van der Waals surface area contributed by atoms with Crippen molar-refractivity contribution in [3.8, 4) is 0 Å². The zero-order valence-corrected chi connectivity index (χ0v) is 10.2. The summed E-state index contributed by atoms with van der Waals surface area (Å²) >= 11 is 2.28. The Morgan fingerprint density at radius 3 is 2.93 bits per heavy atom. The molecule has 1 aromatic carbocycles. The summed E-state index contributed by atoms with van der Waals surface area (Å²) < 4.78 is 6.48. The third kappa shape index (κ3) is 2.38. The van der Waals surface area contributed by atoms with Crippen LogP contribution in [0.3, 0.4) is 0 Å². The average Bonchev–Trinajstić information content (AvgIpc) is 2.72. The minimum absolute atomic E-state index is 0.0507. The lowest BCUT2D eigenvalue weighted by Crippen LogP contribution is -2.14. The number of aromatic nitrogens is 1. The minimum Gasteiger partial charge on any atom is -0.448 e. The van der Waals surface area contributed by atoms with Crippen LogP contribution >= 0.6 is 22.6 Å². The monoisotopic (exact) mass is 314 g/mol. The number of hydrogen-bond acceptors (Lipinski definition) is 3. The van der Waals surface area contributed by atoms with E-state index in [1.54, 1.807) is 12.5 Å². The maximum absolute atomic E-state index is 5.74. The molecule has 2 rings (SSSR count). The van der Waals surface area contributed by atoms with Crippen LogP contribution in [0.15, 0.2) is 41.1 Å². The molecule has 0 fully saturated rings. The highest BCUT2D eigenvalue weighted by Crippen LogP contribution is 2.23. The molecule has 0 aliphatic heterocycles. The van der Waals surface area contributed by atoms with E-state index >= 15 is 0 Å². The quantitative estimate of drug-likeness (QED) is 0.885. The number of halogens is 1. The van der Waals surface area contributed by atoms with E-state index in [-0.39, 0.29) is 5.92 Å². The summed E-state index contributed by atoms with van der Waals surface area (Å²) in [5.74, 6) is 0.731. The van der Waals surface area contributed by atoms with E-state index in [0.717, 1.165) is 5.56 Å². The molecule has 1 unspecified atom stereocenters. The predicted octanol–water partition coefficient (Wildman–Crippen LogP) is 2.37. The minimum atomic E-state index is 0.0507. The number of rotatable bonds is 3. The summed E-state index contributed by atoms with van der Waals surface area (Å²) in [6, 6.07) is 8.21. The molecule has 78 valence electrons. The van der Waals surface area contributed by atoms with Crippen LogP contribution in [0.5, 0.6) is 0 Å². The van der Waals surface area contributed by atoms with Crippen LogP contribution in [-0.4, -0.2) is 11.5 Å². The number of hydrogen-bond donors (Lipinski definition) is 1. The summed E-state index contributed by atoms with van der Waals surface area (Å²) in [6.07, 6.45) is 3.22. The standard InChI is InChI=1S/C11H11IN2O/c12-9-3-1-2-8(6-9)10(7-13)11-14-4-5-15-11/h1-6,10H,7,13H2. The smallest absolute Gasteiger partial charge is 0.202 e. The molecule has 4 heteroatoms. The van der Waals surface area contributed by atoms with Gasteiger partial charge in [-0.1, -0.05) is 12.1 Å². The molecule has 1 heterocycles. The molecule has 0 amide bonds. The van der Waals surface area contributed by atoms with Gasteiger partial charge in [-0.25, -0.2) is 4.98 Å². The number of benzene rings is 1. The average molecular weight is 314 g/mol. The van der Waals surface area contributed by atoms with Gasteiger partial charge in [-0.3, -0.25) is 0 Å². The normalized spacial score (nSPS) is 12.7. The van der Waals surface area contributed by atoms with Crippen LogP contribution in [0.2, 0.25) is 0 Å². The van der Waals surface area contributed by atoms with Crippen LogP contribution in [0.25, 0.3) is 0 Å². The maximum Gasteiger partial charge on any atom is 0.202 e.